The van der Waals surface area contributed by atoms with E-state index in [4.69, 9.17) is 0 Å². The van der Waals surface area contributed by atoms with Crippen molar-refractivity contribution in [2.45, 2.75) is 158 Å². The number of nitrogens with one attached hydrogen (secondary N) is 1. The van der Waals surface area contributed by atoms with Crippen molar-refractivity contribution in [3.8, 4) is 0 Å². The Bertz CT molecular complexity index is 1040. The van der Waals surface area contributed by atoms with E-state index in [1.165, 1.54) is 73.6 Å². The van der Waals surface area contributed by atoms with Gasteiger partial charge in [0.05, 0.1) is 0 Å². The highest BCUT2D eigenvalue weighted by Gasteiger charge is 2.31. The van der Waals surface area contributed by atoms with Gasteiger partial charge >= 0.3 is 0 Å². The molecule has 1 N–H and O–H groups in total. The van der Waals surface area contributed by atoms with Gasteiger partial charge < -0.3 is 5.32 Å². The molecule has 2 rings (SSSR count). The molecule has 3 atom stereocenters. The molecule has 1 aliphatic carbocycles. The number of rotatable bonds is 16. The van der Waals surface area contributed by atoms with Crippen molar-refractivity contribution in [2.75, 3.05) is 7.05 Å². The van der Waals surface area contributed by atoms with E-state index in [0.29, 0.717) is 0 Å². The van der Waals surface area contributed by atoms with Gasteiger partial charge in [0.15, 0.2) is 0 Å². The normalized spacial score (nSPS) is 18.6. The third-order valence-electron chi connectivity index (χ3n) is 9.40. The molecule has 1 aromatic rings. The van der Waals surface area contributed by atoms with Gasteiger partial charge in [-0.25, -0.2) is 0 Å². The molecule has 1 saturated carbocycles. The Balaban J connectivity index is 0.000000649. The van der Waals surface area contributed by atoms with Crippen LogP contribution in [0.25, 0.3) is 6.08 Å². The highest BCUT2D eigenvalue weighted by atomic mass is 15.0. The lowest BCUT2D eigenvalue weighted by molar-refractivity contribution is 0.342. The molecule has 0 aliphatic heterocycles. The zero-order valence-electron chi connectivity index (χ0n) is 31.8. The third kappa shape index (κ3) is 19.0. The van der Waals surface area contributed by atoms with E-state index in [2.05, 4.69) is 116 Å². The average molecular weight is 619 g/mol. The number of hydrogen-bond acceptors (Lipinski definition) is 1. The van der Waals surface area contributed by atoms with Crippen molar-refractivity contribution in [3.63, 3.8) is 0 Å². The van der Waals surface area contributed by atoms with Crippen molar-refractivity contribution < 1.29 is 0 Å². The summed E-state index contributed by atoms with van der Waals surface area (Å²) in [6.45, 7) is 29.5. The van der Waals surface area contributed by atoms with Crippen LogP contribution in [0.3, 0.4) is 0 Å². The average Bonchev–Trinajstić information content (AvgIpc) is 3.40. The first kappa shape index (κ1) is 42.6. The number of nitrogens with zero attached hydrogens (tertiary/aromatic N) is 1. The van der Waals surface area contributed by atoms with E-state index >= 15 is 0 Å². The summed E-state index contributed by atoms with van der Waals surface area (Å²) >= 11 is 0. The SMILES string of the molecule is C=C(C)/C=C\c1ccc(C)cc1C.C=CCC/C(=C/C)C(=NC)NC(C)(C)CC.CCCCCCC1CC(CCC)CC1CC. The maximum absolute atomic E-state index is 4.35. The van der Waals surface area contributed by atoms with E-state index in [1.54, 1.807) is 12.8 Å². The van der Waals surface area contributed by atoms with Gasteiger partial charge in [-0.15, -0.1) is 6.58 Å². The molecular weight excluding hydrogens is 544 g/mol. The molecule has 2 nitrogen and oxygen atoms in total. The summed E-state index contributed by atoms with van der Waals surface area (Å²) in [6.07, 6.45) is 26.0. The second-order valence-corrected chi connectivity index (χ2v) is 14.0. The van der Waals surface area contributed by atoms with E-state index in [0.717, 1.165) is 48.4 Å². The van der Waals surface area contributed by atoms with Crippen LogP contribution in [0.15, 0.2) is 65.7 Å². The smallest absolute Gasteiger partial charge is 0.123 e. The van der Waals surface area contributed by atoms with Gasteiger partial charge in [-0.3, -0.25) is 4.99 Å². The van der Waals surface area contributed by atoms with Crippen LogP contribution in [0.1, 0.15) is 156 Å². The van der Waals surface area contributed by atoms with Crippen LogP contribution in [0, 0.1) is 31.6 Å². The number of aliphatic imine (C=N–C) groups is 1. The fourth-order valence-corrected chi connectivity index (χ4v) is 6.26. The van der Waals surface area contributed by atoms with Crippen LogP contribution >= 0.6 is 0 Å². The number of benzene rings is 1. The Hall–Kier alpha value is -2.35. The van der Waals surface area contributed by atoms with E-state index in [1.807, 2.05) is 26.1 Å². The Labute approximate surface area is 282 Å². The van der Waals surface area contributed by atoms with Crippen molar-refractivity contribution in [3.05, 3.63) is 77.4 Å². The van der Waals surface area contributed by atoms with Crippen LogP contribution in [0.5, 0.6) is 0 Å². The van der Waals surface area contributed by atoms with Crippen molar-refractivity contribution in [1.29, 1.82) is 0 Å². The zero-order chi connectivity index (χ0) is 34.3. The fourth-order valence-electron chi connectivity index (χ4n) is 6.26. The van der Waals surface area contributed by atoms with Crippen LogP contribution in [-0.2, 0) is 0 Å². The lowest BCUT2D eigenvalue weighted by Gasteiger charge is -2.27. The molecule has 0 saturated heterocycles. The standard InChI is InChI=1S/C16H32.C14H26N2.C13H16/c1-4-7-8-9-11-16-13-14(10-5-2)12-15(16)6-3;1-7-10-11-12(8-2)13(15-6)16-14(4,5)9-3;1-10(2)5-7-13-8-6-11(3)9-12(13)4/h14-16H,4-13H2,1-3H3;7-8H,1,9-11H2,2-6H3,(H,15,16);5-9H,1H2,2-4H3/b;12-8-;7-5-. The second kappa shape index (κ2) is 24.8. The third-order valence-corrected chi connectivity index (χ3v) is 9.40. The summed E-state index contributed by atoms with van der Waals surface area (Å²) in [5, 5.41) is 3.50. The monoisotopic (exact) mass is 619 g/mol. The lowest BCUT2D eigenvalue weighted by atomic mass is 9.89. The molecule has 3 unspecified atom stereocenters. The lowest BCUT2D eigenvalue weighted by Crippen LogP contribution is -2.43. The number of amidine groups is 1. The maximum atomic E-state index is 4.35. The van der Waals surface area contributed by atoms with Gasteiger partial charge in [0.1, 0.15) is 5.84 Å². The van der Waals surface area contributed by atoms with Crippen molar-refractivity contribution >= 4 is 11.9 Å². The van der Waals surface area contributed by atoms with Crippen LogP contribution in [-0.4, -0.2) is 18.4 Å². The maximum Gasteiger partial charge on any atom is 0.123 e. The summed E-state index contributed by atoms with van der Waals surface area (Å²) in [4.78, 5) is 4.35. The minimum absolute atomic E-state index is 0.0945. The first-order valence-electron chi connectivity index (χ1n) is 18.3. The molecule has 1 aromatic carbocycles. The van der Waals surface area contributed by atoms with E-state index < -0.39 is 0 Å². The number of allylic oxidation sites excluding steroid dienone is 4. The van der Waals surface area contributed by atoms with Gasteiger partial charge in [-0.2, -0.15) is 0 Å². The van der Waals surface area contributed by atoms with Crippen molar-refractivity contribution in [2.24, 2.45) is 22.7 Å². The van der Waals surface area contributed by atoms with Gasteiger partial charge in [0.25, 0.3) is 0 Å². The minimum atomic E-state index is 0.0945. The quantitative estimate of drug-likeness (QED) is 0.0644. The molecule has 1 fully saturated rings. The number of hydrogen-bond donors (Lipinski definition) is 1. The molecule has 45 heavy (non-hydrogen) atoms. The Morgan fingerprint density at radius 1 is 1.00 bits per heavy atom. The number of aryl methyl sites for hydroxylation is 2. The molecule has 0 amide bonds. The van der Waals surface area contributed by atoms with Crippen molar-refractivity contribution in [1.82, 2.24) is 5.32 Å². The molecular formula is C43H74N2. The molecule has 1 aliphatic rings. The van der Waals surface area contributed by atoms with Crippen LogP contribution in [0.2, 0.25) is 0 Å². The van der Waals surface area contributed by atoms with Crippen LogP contribution < -0.4 is 5.32 Å². The predicted molar refractivity (Wildman–Crippen MR) is 207 cm³/mol. The largest absolute Gasteiger partial charge is 0.365 e. The summed E-state index contributed by atoms with van der Waals surface area (Å²) in [5.74, 6) is 4.24. The molecule has 2 heteroatoms. The highest BCUT2D eigenvalue weighted by Crippen LogP contribution is 2.42. The first-order chi connectivity index (χ1) is 21.4. The first-order valence-corrected chi connectivity index (χ1v) is 18.3. The summed E-state index contributed by atoms with van der Waals surface area (Å²) in [5.41, 5.74) is 6.34. The summed E-state index contributed by atoms with van der Waals surface area (Å²) < 4.78 is 0. The molecule has 0 radical (unpaired) electrons. The summed E-state index contributed by atoms with van der Waals surface area (Å²) in [7, 11) is 1.84. The molecule has 256 valence electrons. The molecule has 0 heterocycles. The number of unbranched alkanes of at least 4 members (excludes halogenated alkanes) is 3. The minimum Gasteiger partial charge on any atom is -0.365 e. The van der Waals surface area contributed by atoms with Gasteiger partial charge in [-0.1, -0.05) is 139 Å². The fraction of sp³-hybridized carbons (Fsp3) is 0.651. The van der Waals surface area contributed by atoms with E-state index in [9.17, 15) is 0 Å². The second-order valence-electron chi connectivity index (χ2n) is 14.0. The molecule has 0 bridgehead atoms. The molecule has 0 aromatic heterocycles. The Morgan fingerprint density at radius 3 is 2.20 bits per heavy atom. The highest BCUT2D eigenvalue weighted by molar-refractivity contribution is 5.98. The van der Waals surface area contributed by atoms with Gasteiger partial charge in [-0.05, 0) is 108 Å². The van der Waals surface area contributed by atoms with Gasteiger partial charge in [0, 0.05) is 12.6 Å². The Kier molecular flexibility index (Phi) is 23.5. The zero-order valence-corrected chi connectivity index (χ0v) is 31.8. The molecule has 0 spiro atoms. The summed E-state index contributed by atoms with van der Waals surface area (Å²) in [6, 6.07) is 6.47. The Morgan fingerprint density at radius 2 is 1.69 bits per heavy atom. The van der Waals surface area contributed by atoms with Gasteiger partial charge in [0.2, 0.25) is 0 Å². The van der Waals surface area contributed by atoms with E-state index in [-0.39, 0.29) is 5.54 Å². The van der Waals surface area contributed by atoms with Crippen LogP contribution in [0.4, 0.5) is 0 Å². The predicted octanol–water partition coefficient (Wildman–Crippen LogP) is 13.4. The topological polar surface area (TPSA) is 24.4 Å².